The van der Waals surface area contributed by atoms with Gasteiger partial charge in [0.15, 0.2) is 0 Å². The predicted octanol–water partition coefficient (Wildman–Crippen LogP) is 1.05. The second-order valence-electron chi connectivity index (χ2n) is 4.42. The fraction of sp³-hybridized carbons (Fsp3) is 0.385. The van der Waals surface area contributed by atoms with Crippen LogP contribution in [0.2, 0.25) is 0 Å². The van der Waals surface area contributed by atoms with E-state index < -0.39 is 5.97 Å². The van der Waals surface area contributed by atoms with Gasteiger partial charge in [0.05, 0.1) is 17.6 Å². The Kier molecular flexibility index (Phi) is 4.29. The third kappa shape index (κ3) is 3.11. The molecule has 0 saturated carbocycles. The van der Waals surface area contributed by atoms with Gasteiger partial charge in [0.25, 0.3) is 0 Å². The Bertz CT molecular complexity index is 636. The summed E-state index contributed by atoms with van der Waals surface area (Å²) >= 11 is 0. The molecule has 0 aliphatic rings. The first-order valence-electron chi connectivity index (χ1n) is 6.45. The summed E-state index contributed by atoms with van der Waals surface area (Å²) in [5.74, 6) is -1.05. The van der Waals surface area contributed by atoms with Gasteiger partial charge in [-0.1, -0.05) is 12.1 Å². The third-order valence-electron chi connectivity index (χ3n) is 2.88. The quantitative estimate of drug-likeness (QED) is 0.821. The smallest absolute Gasteiger partial charge is 0.335 e. The van der Waals surface area contributed by atoms with Crippen LogP contribution in [0.4, 0.5) is 0 Å². The fourth-order valence-corrected chi connectivity index (χ4v) is 1.82. The molecule has 0 bridgehead atoms. The average molecular weight is 276 g/mol. The average Bonchev–Trinajstić information content (AvgIpc) is 2.85. The number of aromatic carboxylic acids is 1. The molecule has 1 aromatic heterocycles. The van der Waals surface area contributed by atoms with Crippen molar-refractivity contribution in [3.05, 3.63) is 23.8 Å². The number of fused-ring (bicyclic) bond motifs is 1. The maximum atomic E-state index is 11.5. The highest BCUT2D eigenvalue weighted by Gasteiger charge is 2.10. The SMILES string of the molecule is CCCNC(=O)CCn1nnc2ccc(C(=O)O)cc21. The number of nitrogens with one attached hydrogen (secondary N) is 1. The monoisotopic (exact) mass is 276 g/mol. The van der Waals surface area contributed by atoms with Crippen molar-refractivity contribution >= 4 is 22.9 Å². The number of carboxylic acid groups (broad SMARTS) is 1. The topological polar surface area (TPSA) is 97.1 Å². The van der Waals surface area contributed by atoms with Crippen molar-refractivity contribution < 1.29 is 14.7 Å². The van der Waals surface area contributed by atoms with Crippen molar-refractivity contribution in [3.63, 3.8) is 0 Å². The Hall–Kier alpha value is -2.44. The molecule has 1 amide bonds. The maximum Gasteiger partial charge on any atom is 0.335 e. The van der Waals surface area contributed by atoms with E-state index >= 15 is 0 Å². The van der Waals surface area contributed by atoms with Gasteiger partial charge in [-0.2, -0.15) is 0 Å². The zero-order valence-corrected chi connectivity index (χ0v) is 11.2. The summed E-state index contributed by atoms with van der Waals surface area (Å²) < 4.78 is 1.55. The zero-order valence-electron chi connectivity index (χ0n) is 11.2. The Morgan fingerprint density at radius 3 is 2.90 bits per heavy atom. The number of hydrogen-bond donors (Lipinski definition) is 2. The van der Waals surface area contributed by atoms with E-state index in [9.17, 15) is 9.59 Å². The largest absolute Gasteiger partial charge is 0.478 e. The van der Waals surface area contributed by atoms with Gasteiger partial charge in [-0.25, -0.2) is 9.48 Å². The van der Waals surface area contributed by atoms with E-state index in [1.54, 1.807) is 10.7 Å². The van der Waals surface area contributed by atoms with E-state index in [-0.39, 0.29) is 17.9 Å². The molecule has 2 aromatic rings. The molecule has 0 aliphatic carbocycles. The van der Waals surface area contributed by atoms with Crippen LogP contribution in [0.25, 0.3) is 11.0 Å². The molecular weight excluding hydrogens is 260 g/mol. The van der Waals surface area contributed by atoms with Crippen LogP contribution in [0.3, 0.4) is 0 Å². The summed E-state index contributed by atoms with van der Waals surface area (Å²) in [7, 11) is 0. The molecule has 0 unspecified atom stereocenters. The second-order valence-corrected chi connectivity index (χ2v) is 4.42. The van der Waals surface area contributed by atoms with Crippen molar-refractivity contribution in [2.75, 3.05) is 6.54 Å². The summed E-state index contributed by atoms with van der Waals surface area (Å²) in [5, 5.41) is 19.6. The van der Waals surface area contributed by atoms with E-state index in [1.807, 2.05) is 6.92 Å². The molecule has 0 atom stereocenters. The van der Waals surface area contributed by atoms with Crippen molar-refractivity contribution in [1.29, 1.82) is 0 Å². The van der Waals surface area contributed by atoms with Gasteiger partial charge < -0.3 is 10.4 Å². The molecular formula is C13H16N4O3. The van der Waals surface area contributed by atoms with E-state index in [1.165, 1.54) is 12.1 Å². The first-order chi connectivity index (χ1) is 9.61. The second kappa shape index (κ2) is 6.14. The standard InChI is InChI=1S/C13H16N4O3/c1-2-6-14-12(18)5-7-17-11-8-9(13(19)20)3-4-10(11)15-16-17/h3-4,8H,2,5-7H2,1H3,(H,14,18)(H,19,20). The molecule has 2 N–H and O–H groups in total. The van der Waals surface area contributed by atoms with Crippen LogP contribution >= 0.6 is 0 Å². The highest BCUT2D eigenvalue weighted by atomic mass is 16.4. The highest BCUT2D eigenvalue weighted by molar-refractivity contribution is 5.92. The molecule has 0 saturated heterocycles. The molecule has 106 valence electrons. The van der Waals surface area contributed by atoms with Crippen molar-refractivity contribution in [2.45, 2.75) is 26.3 Å². The number of rotatable bonds is 6. The summed E-state index contributed by atoms with van der Waals surface area (Å²) in [6, 6.07) is 4.61. The van der Waals surface area contributed by atoms with Crippen molar-refractivity contribution in [2.24, 2.45) is 0 Å². The van der Waals surface area contributed by atoms with Crippen molar-refractivity contribution in [3.8, 4) is 0 Å². The van der Waals surface area contributed by atoms with Gasteiger partial charge in [-0.05, 0) is 24.6 Å². The maximum absolute atomic E-state index is 11.5. The molecule has 0 spiro atoms. The molecule has 0 radical (unpaired) electrons. The van der Waals surface area contributed by atoms with Crippen LogP contribution in [-0.4, -0.2) is 38.5 Å². The van der Waals surface area contributed by atoms with E-state index in [2.05, 4.69) is 15.6 Å². The van der Waals surface area contributed by atoms with Gasteiger partial charge >= 0.3 is 5.97 Å². The van der Waals surface area contributed by atoms with Crippen molar-refractivity contribution in [1.82, 2.24) is 20.3 Å². The van der Waals surface area contributed by atoms with Crippen LogP contribution in [0.1, 0.15) is 30.1 Å². The predicted molar refractivity (Wildman–Crippen MR) is 72.4 cm³/mol. The van der Waals surface area contributed by atoms with Gasteiger partial charge in [0, 0.05) is 13.0 Å². The normalized spacial score (nSPS) is 10.7. The minimum Gasteiger partial charge on any atom is -0.478 e. The number of nitrogens with zero attached hydrogens (tertiary/aromatic N) is 3. The lowest BCUT2D eigenvalue weighted by Crippen LogP contribution is -2.25. The Morgan fingerprint density at radius 1 is 1.40 bits per heavy atom. The van der Waals surface area contributed by atoms with Crippen LogP contribution in [-0.2, 0) is 11.3 Å². The summed E-state index contributed by atoms with van der Waals surface area (Å²) in [6.07, 6.45) is 1.18. The number of benzene rings is 1. The van der Waals surface area contributed by atoms with Gasteiger partial charge in [0.2, 0.25) is 5.91 Å². The Labute approximate surface area is 115 Å². The molecule has 1 aromatic carbocycles. The molecule has 0 fully saturated rings. The molecule has 1 heterocycles. The van der Waals surface area contributed by atoms with Crippen LogP contribution in [0.5, 0.6) is 0 Å². The number of aromatic nitrogens is 3. The summed E-state index contributed by atoms with van der Waals surface area (Å²) in [4.78, 5) is 22.5. The lowest BCUT2D eigenvalue weighted by molar-refractivity contribution is -0.121. The minimum absolute atomic E-state index is 0.0510. The highest BCUT2D eigenvalue weighted by Crippen LogP contribution is 2.14. The number of amides is 1. The summed E-state index contributed by atoms with van der Waals surface area (Å²) in [6.45, 7) is 3.01. The molecule has 0 aliphatic heterocycles. The van der Waals surface area contributed by atoms with E-state index in [4.69, 9.17) is 5.11 Å². The van der Waals surface area contributed by atoms with Crippen LogP contribution in [0.15, 0.2) is 18.2 Å². The van der Waals surface area contributed by atoms with E-state index in [0.29, 0.717) is 24.1 Å². The number of aryl methyl sites for hydroxylation is 1. The van der Waals surface area contributed by atoms with Gasteiger partial charge in [-0.15, -0.1) is 5.10 Å². The van der Waals surface area contributed by atoms with E-state index in [0.717, 1.165) is 6.42 Å². The number of carbonyl (C=O) groups is 2. The summed E-state index contributed by atoms with van der Waals surface area (Å²) in [5.41, 5.74) is 1.41. The lowest BCUT2D eigenvalue weighted by atomic mass is 10.2. The van der Waals surface area contributed by atoms with Crippen LogP contribution < -0.4 is 5.32 Å². The lowest BCUT2D eigenvalue weighted by Gasteiger charge is -2.04. The molecule has 7 nitrogen and oxygen atoms in total. The number of carboxylic acids is 1. The third-order valence-corrected chi connectivity index (χ3v) is 2.88. The Morgan fingerprint density at radius 2 is 2.20 bits per heavy atom. The number of carbonyl (C=O) groups excluding carboxylic acids is 1. The first kappa shape index (κ1) is 14.0. The van der Waals surface area contributed by atoms with Crippen LogP contribution in [0, 0.1) is 0 Å². The molecule has 2 rings (SSSR count). The molecule has 7 heteroatoms. The fourth-order valence-electron chi connectivity index (χ4n) is 1.82. The Balaban J connectivity index is 2.12. The van der Waals surface area contributed by atoms with Gasteiger partial charge in [-0.3, -0.25) is 4.79 Å². The minimum atomic E-state index is -1.000. The molecule has 20 heavy (non-hydrogen) atoms. The number of hydrogen-bond acceptors (Lipinski definition) is 4. The van der Waals surface area contributed by atoms with Gasteiger partial charge in [0.1, 0.15) is 5.52 Å². The first-order valence-corrected chi connectivity index (χ1v) is 6.45. The zero-order chi connectivity index (χ0) is 14.5.